The summed E-state index contributed by atoms with van der Waals surface area (Å²) >= 11 is 0. The molecule has 1 saturated carbocycles. The molecule has 1 aliphatic carbocycles. The fraction of sp³-hybridized carbons (Fsp3) is 0.533. The highest BCUT2D eigenvalue weighted by Gasteiger charge is 2.24. The molecule has 2 aromatic rings. The minimum Gasteiger partial charge on any atom is -0.332 e. The number of hydrogen-bond donors (Lipinski definition) is 1. The normalized spacial score (nSPS) is 22.9. The van der Waals surface area contributed by atoms with Crippen molar-refractivity contribution in [3.05, 3.63) is 29.7 Å². The second-order valence-electron chi connectivity index (χ2n) is 5.67. The Balaban J connectivity index is 1.75. The summed E-state index contributed by atoms with van der Waals surface area (Å²) in [5.74, 6) is 2.59. The van der Waals surface area contributed by atoms with E-state index in [1.54, 1.807) is 6.20 Å². The van der Waals surface area contributed by atoms with Gasteiger partial charge in [-0.3, -0.25) is 4.98 Å². The predicted octanol–water partition coefficient (Wildman–Crippen LogP) is 2.88. The average Bonchev–Trinajstić information content (AvgIpc) is 2.98. The van der Waals surface area contributed by atoms with Gasteiger partial charge in [-0.1, -0.05) is 31.0 Å². The Kier molecular flexibility index (Phi) is 3.78. The zero-order chi connectivity index (χ0) is 13.9. The topological polar surface area (TPSA) is 77.8 Å². The summed E-state index contributed by atoms with van der Waals surface area (Å²) < 4.78 is 5.35. The fourth-order valence-electron chi connectivity index (χ4n) is 2.69. The van der Waals surface area contributed by atoms with Crippen LogP contribution in [0.25, 0.3) is 11.6 Å². The molecule has 1 fully saturated rings. The Morgan fingerprint density at radius 2 is 2.05 bits per heavy atom. The average molecular weight is 272 g/mol. The van der Waals surface area contributed by atoms with Crippen molar-refractivity contribution in [3.8, 4) is 11.6 Å². The molecule has 0 radical (unpaired) electrons. The summed E-state index contributed by atoms with van der Waals surface area (Å²) in [6, 6.07) is 3.82. The molecule has 0 bridgehead atoms. The van der Waals surface area contributed by atoms with Crippen molar-refractivity contribution in [3.63, 3.8) is 0 Å². The van der Waals surface area contributed by atoms with E-state index in [9.17, 15) is 0 Å². The van der Waals surface area contributed by atoms with Crippen molar-refractivity contribution in [2.45, 2.75) is 45.1 Å². The van der Waals surface area contributed by atoms with Crippen LogP contribution in [0.2, 0.25) is 0 Å². The van der Waals surface area contributed by atoms with E-state index in [0.717, 1.165) is 30.1 Å². The highest BCUT2D eigenvalue weighted by Crippen LogP contribution is 2.34. The van der Waals surface area contributed by atoms with Gasteiger partial charge in [0.15, 0.2) is 5.82 Å². The molecule has 2 N–H and O–H groups in total. The molecule has 1 aliphatic rings. The Labute approximate surface area is 118 Å². The lowest BCUT2D eigenvalue weighted by Crippen LogP contribution is -2.11. The van der Waals surface area contributed by atoms with E-state index >= 15 is 0 Å². The van der Waals surface area contributed by atoms with E-state index in [2.05, 4.69) is 22.0 Å². The lowest BCUT2D eigenvalue weighted by Gasteiger charge is -2.23. The van der Waals surface area contributed by atoms with Crippen LogP contribution in [0, 0.1) is 5.92 Å². The lowest BCUT2D eigenvalue weighted by atomic mass is 9.83. The Morgan fingerprint density at radius 3 is 2.70 bits per heavy atom. The zero-order valence-electron chi connectivity index (χ0n) is 11.7. The van der Waals surface area contributed by atoms with Crippen LogP contribution in [0.3, 0.4) is 0 Å². The summed E-state index contributed by atoms with van der Waals surface area (Å²) in [7, 11) is 0. The van der Waals surface area contributed by atoms with Crippen LogP contribution in [-0.2, 0) is 6.54 Å². The highest BCUT2D eigenvalue weighted by molar-refractivity contribution is 5.46. The van der Waals surface area contributed by atoms with Crippen molar-refractivity contribution < 1.29 is 4.52 Å². The molecule has 0 unspecified atom stereocenters. The standard InChI is InChI=1S/C15H20N4O/c1-10-2-5-12(6-3-10)14-18-15(20-19-14)13-7-4-11(8-16)9-17-13/h4,7,9-10,12H,2-3,5-6,8,16H2,1H3. The van der Waals surface area contributed by atoms with E-state index < -0.39 is 0 Å². The minimum absolute atomic E-state index is 0.437. The maximum Gasteiger partial charge on any atom is 0.276 e. The largest absolute Gasteiger partial charge is 0.332 e. The van der Waals surface area contributed by atoms with Crippen LogP contribution >= 0.6 is 0 Å². The van der Waals surface area contributed by atoms with Gasteiger partial charge in [0.05, 0.1) is 0 Å². The van der Waals surface area contributed by atoms with E-state index in [-0.39, 0.29) is 0 Å². The predicted molar refractivity (Wildman–Crippen MR) is 75.8 cm³/mol. The smallest absolute Gasteiger partial charge is 0.276 e. The van der Waals surface area contributed by atoms with E-state index in [0.29, 0.717) is 24.0 Å². The zero-order valence-corrected chi connectivity index (χ0v) is 11.7. The Morgan fingerprint density at radius 1 is 1.25 bits per heavy atom. The summed E-state index contributed by atoms with van der Waals surface area (Å²) in [6.07, 6.45) is 6.55. The molecule has 0 saturated heterocycles. The van der Waals surface area contributed by atoms with Crippen molar-refractivity contribution in [1.82, 2.24) is 15.1 Å². The molecule has 2 heterocycles. The van der Waals surface area contributed by atoms with Crippen LogP contribution in [-0.4, -0.2) is 15.1 Å². The Hall–Kier alpha value is -1.75. The highest BCUT2D eigenvalue weighted by atomic mass is 16.5. The van der Waals surface area contributed by atoms with Gasteiger partial charge in [-0.15, -0.1) is 0 Å². The van der Waals surface area contributed by atoms with Crippen LogP contribution < -0.4 is 5.73 Å². The molecule has 0 atom stereocenters. The van der Waals surface area contributed by atoms with Crippen molar-refractivity contribution in [2.24, 2.45) is 11.7 Å². The van der Waals surface area contributed by atoms with Crippen LogP contribution in [0.4, 0.5) is 0 Å². The van der Waals surface area contributed by atoms with E-state index in [1.165, 1.54) is 12.8 Å². The third kappa shape index (κ3) is 2.72. The quantitative estimate of drug-likeness (QED) is 0.929. The lowest BCUT2D eigenvalue weighted by molar-refractivity contribution is 0.329. The van der Waals surface area contributed by atoms with Gasteiger partial charge in [-0.05, 0) is 30.4 Å². The molecule has 106 valence electrons. The number of aromatic nitrogens is 3. The van der Waals surface area contributed by atoms with Gasteiger partial charge in [0.25, 0.3) is 5.89 Å². The molecular weight excluding hydrogens is 252 g/mol. The van der Waals surface area contributed by atoms with Gasteiger partial charge in [0.2, 0.25) is 0 Å². The molecule has 0 aliphatic heterocycles. The molecule has 2 aromatic heterocycles. The van der Waals surface area contributed by atoms with E-state index in [4.69, 9.17) is 10.3 Å². The molecule has 3 rings (SSSR count). The Bertz CT molecular complexity index is 556. The second-order valence-corrected chi connectivity index (χ2v) is 5.67. The maximum atomic E-state index is 5.56. The minimum atomic E-state index is 0.437. The van der Waals surface area contributed by atoms with Gasteiger partial charge in [0, 0.05) is 18.7 Å². The van der Waals surface area contributed by atoms with Crippen LogP contribution in [0.1, 0.15) is 49.9 Å². The SMILES string of the molecule is CC1CCC(c2noc(-c3ccc(CN)cn3)n2)CC1. The first-order chi connectivity index (χ1) is 9.76. The first kappa shape index (κ1) is 13.2. The number of rotatable bonds is 3. The number of nitrogens with two attached hydrogens (primary N) is 1. The fourth-order valence-corrected chi connectivity index (χ4v) is 2.69. The molecule has 0 amide bonds. The van der Waals surface area contributed by atoms with Crippen molar-refractivity contribution in [1.29, 1.82) is 0 Å². The van der Waals surface area contributed by atoms with Gasteiger partial charge < -0.3 is 10.3 Å². The molecule has 0 aromatic carbocycles. The van der Waals surface area contributed by atoms with Crippen LogP contribution in [0.15, 0.2) is 22.9 Å². The van der Waals surface area contributed by atoms with E-state index in [1.807, 2.05) is 12.1 Å². The molecule has 0 spiro atoms. The number of hydrogen-bond acceptors (Lipinski definition) is 5. The summed E-state index contributed by atoms with van der Waals surface area (Å²) in [6.45, 7) is 2.80. The maximum absolute atomic E-state index is 5.56. The monoisotopic (exact) mass is 272 g/mol. The summed E-state index contributed by atoms with van der Waals surface area (Å²) in [4.78, 5) is 8.83. The molecular formula is C15H20N4O. The van der Waals surface area contributed by atoms with Crippen LogP contribution in [0.5, 0.6) is 0 Å². The van der Waals surface area contributed by atoms with Gasteiger partial charge >= 0.3 is 0 Å². The summed E-state index contributed by atoms with van der Waals surface area (Å²) in [5, 5.41) is 4.13. The third-order valence-electron chi connectivity index (χ3n) is 4.10. The molecule has 5 nitrogen and oxygen atoms in total. The molecule has 5 heteroatoms. The van der Waals surface area contributed by atoms with Gasteiger partial charge in [0.1, 0.15) is 5.69 Å². The molecule has 20 heavy (non-hydrogen) atoms. The number of nitrogens with zero attached hydrogens (tertiary/aromatic N) is 3. The third-order valence-corrected chi connectivity index (χ3v) is 4.10. The number of pyridine rings is 1. The van der Waals surface area contributed by atoms with Crippen molar-refractivity contribution >= 4 is 0 Å². The summed E-state index contributed by atoms with van der Waals surface area (Å²) in [5.41, 5.74) is 7.27. The van der Waals surface area contributed by atoms with Gasteiger partial charge in [-0.2, -0.15) is 4.98 Å². The second kappa shape index (κ2) is 5.71. The first-order valence-electron chi connectivity index (χ1n) is 7.25. The van der Waals surface area contributed by atoms with Gasteiger partial charge in [-0.25, -0.2) is 0 Å². The first-order valence-corrected chi connectivity index (χ1v) is 7.25. The van der Waals surface area contributed by atoms with Crippen molar-refractivity contribution in [2.75, 3.05) is 0 Å².